The van der Waals surface area contributed by atoms with Crippen molar-refractivity contribution in [3.05, 3.63) is 0 Å². The van der Waals surface area contributed by atoms with E-state index in [1.54, 1.807) is 0 Å². The second-order valence-corrected chi connectivity index (χ2v) is 2.86. The molecule has 0 radical (unpaired) electrons. The predicted molar refractivity (Wildman–Crippen MR) is 52.3 cm³/mol. The van der Waals surface area contributed by atoms with Crippen molar-refractivity contribution in [3.8, 4) is 0 Å². The molecule has 0 aliphatic carbocycles. The Morgan fingerprint density at radius 3 is 2.25 bits per heavy atom. The first-order chi connectivity index (χ1) is 5.93. The van der Waals surface area contributed by atoms with Gasteiger partial charge in [-0.25, -0.2) is 0 Å². The van der Waals surface area contributed by atoms with Crippen molar-refractivity contribution in [1.29, 1.82) is 0 Å². The third-order valence-electron chi connectivity index (χ3n) is 2.01. The molecule has 12 heavy (non-hydrogen) atoms. The van der Waals surface area contributed by atoms with Crippen molar-refractivity contribution < 1.29 is 4.79 Å². The minimum absolute atomic E-state index is 0.708. The molecule has 1 aliphatic heterocycles. The number of piperidine rings is 1. The molecule has 0 N–H and O–H groups in total. The summed E-state index contributed by atoms with van der Waals surface area (Å²) in [5, 5.41) is 0. The van der Waals surface area contributed by atoms with Gasteiger partial charge in [-0.2, -0.15) is 0 Å². The number of carbonyl (C=O) groups is 1. The van der Waals surface area contributed by atoms with Gasteiger partial charge in [-0.3, -0.25) is 0 Å². The molecule has 0 aromatic heterocycles. The average molecular weight is 171 g/mol. The zero-order valence-corrected chi connectivity index (χ0v) is 8.38. The summed E-state index contributed by atoms with van der Waals surface area (Å²) in [5.74, 6) is 0. The van der Waals surface area contributed by atoms with Crippen LogP contribution in [0.1, 0.15) is 39.5 Å². The van der Waals surface area contributed by atoms with E-state index in [0.717, 1.165) is 12.8 Å². The molecule has 1 aliphatic rings. The molecule has 1 fully saturated rings. The van der Waals surface area contributed by atoms with Crippen molar-refractivity contribution in [3.63, 3.8) is 0 Å². The molecule has 0 aromatic rings. The Bertz CT molecular complexity index is 98.0. The van der Waals surface area contributed by atoms with E-state index < -0.39 is 0 Å². The molecule has 1 heterocycles. The number of hydrogen-bond acceptors (Lipinski definition) is 2. The molecule has 0 saturated carbocycles. The fraction of sp³-hybridized carbons (Fsp3) is 0.900. The lowest BCUT2D eigenvalue weighted by Crippen LogP contribution is -2.30. The fourth-order valence-electron chi connectivity index (χ4n) is 1.42. The lowest BCUT2D eigenvalue weighted by atomic mass is 10.1. The second-order valence-electron chi connectivity index (χ2n) is 2.86. The van der Waals surface area contributed by atoms with E-state index in [2.05, 4.69) is 4.90 Å². The van der Waals surface area contributed by atoms with Gasteiger partial charge < -0.3 is 9.69 Å². The zero-order valence-electron chi connectivity index (χ0n) is 8.38. The Balaban J connectivity index is 0.000000561. The van der Waals surface area contributed by atoms with Crippen LogP contribution >= 0.6 is 0 Å². The molecule has 1 rings (SSSR count). The van der Waals surface area contributed by atoms with Gasteiger partial charge in [-0.15, -0.1) is 0 Å². The number of nitrogens with zero attached hydrogens (tertiary/aromatic N) is 1. The summed E-state index contributed by atoms with van der Waals surface area (Å²) in [6, 6.07) is 0. The Morgan fingerprint density at radius 2 is 1.75 bits per heavy atom. The Hall–Kier alpha value is -0.370. The molecule has 2 heteroatoms. The summed E-state index contributed by atoms with van der Waals surface area (Å²) in [6.45, 7) is 7.38. The van der Waals surface area contributed by atoms with Crippen LogP contribution in [0, 0.1) is 0 Å². The molecule has 0 unspecified atom stereocenters. The first-order valence-electron chi connectivity index (χ1n) is 5.09. The highest BCUT2D eigenvalue weighted by Gasteiger charge is 2.07. The van der Waals surface area contributed by atoms with Gasteiger partial charge in [0.05, 0.1) is 0 Å². The normalized spacial score (nSPS) is 17.8. The van der Waals surface area contributed by atoms with E-state index in [0.29, 0.717) is 6.42 Å². The van der Waals surface area contributed by atoms with Gasteiger partial charge in [-0.05, 0) is 25.9 Å². The van der Waals surface area contributed by atoms with Gasteiger partial charge in [0.1, 0.15) is 6.29 Å². The van der Waals surface area contributed by atoms with E-state index in [4.69, 9.17) is 0 Å². The predicted octanol–water partition coefficient (Wildman–Crippen LogP) is 2.09. The fourth-order valence-corrected chi connectivity index (χ4v) is 1.42. The van der Waals surface area contributed by atoms with E-state index in [9.17, 15) is 4.79 Å². The van der Waals surface area contributed by atoms with Crippen molar-refractivity contribution in [2.45, 2.75) is 39.5 Å². The van der Waals surface area contributed by atoms with Crippen molar-refractivity contribution >= 4 is 6.29 Å². The standard InChI is InChI=1S/C8H15NO.C2H6/c10-8-4-7-9-5-2-1-3-6-9;1-2/h8H,1-7H2;1-2H3. The number of likely N-dealkylation sites (tertiary alicyclic amines) is 1. The van der Waals surface area contributed by atoms with Crippen LogP contribution in [0.25, 0.3) is 0 Å². The highest BCUT2D eigenvalue weighted by Crippen LogP contribution is 2.07. The quantitative estimate of drug-likeness (QED) is 0.606. The van der Waals surface area contributed by atoms with Crippen LogP contribution in [0.4, 0.5) is 0 Å². The molecular formula is C10H21NO. The minimum Gasteiger partial charge on any atom is -0.303 e. The summed E-state index contributed by atoms with van der Waals surface area (Å²) in [7, 11) is 0. The third-order valence-corrected chi connectivity index (χ3v) is 2.01. The number of rotatable bonds is 3. The van der Waals surface area contributed by atoms with Gasteiger partial charge in [0.2, 0.25) is 0 Å². The smallest absolute Gasteiger partial charge is 0.121 e. The van der Waals surface area contributed by atoms with E-state index >= 15 is 0 Å². The maximum Gasteiger partial charge on any atom is 0.121 e. The summed E-state index contributed by atoms with van der Waals surface area (Å²) in [4.78, 5) is 12.4. The third kappa shape index (κ3) is 5.30. The van der Waals surface area contributed by atoms with Crippen LogP contribution in [0.2, 0.25) is 0 Å². The number of carbonyl (C=O) groups excluding carboxylic acids is 1. The second kappa shape index (κ2) is 8.72. The highest BCUT2D eigenvalue weighted by molar-refractivity contribution is 5.49. The van der Waals surface area contributed by atoms with Crippen LogP contribution in [-0.4, -0.2) is 30.8 Å². The van der Waals surface area contributed by atoms with E-state index in [-0.39, 0.29) is 0 Å². The Kier molecular flexibility index (Phi) is 8.46. The lowest BCUT2D eigenvalue weighted by Gasteiger charge is -2.25. The first-order valence-corrected chi connectivity index (χ1v) is 5.09. The minimum atomic E-state index is 0.708. The Morgan fingerprint density at radius 1 is 1.17 bits per heavy atom. The van der Waals surface area contributed by atoms with Crippen LogP contribution in [0.15, 0.2) is 0 Å². The largest absolute Gasteiger partial charge is 0.303 e. The monoisotopic (exact) mass is 171 g/mol. The van der Waals surface area contributed by atoms with Crippen molar-refractivity contribution in [2.75, 3.05) is 19.6 Å². The highest BCUT2D eigenvalue weighted by atomic mass is 16.1. The first kappa shape index (κ1) is 11.6. The van der Waals surface area contributed by atoms with E-state index in [1.807, 2.05) is 13.8 Å². The molecule has 1 saturated heterocycles. The SMILES string of the molecule is CC.O=CCCN1CCCCC1. The maximum atomic E-state index is 10.0. The summed E-state index contributed by atoms with van der Waals surface area (Å²) >= 11 is 0. The topological polar surface area (TPSA) is 20.3 Å². The molecule has 0 bridgehead atoms. The van der Waals surface area contributed by atoms with Gasteiger partial charge in [0.15, 0.2) is 0 Å². The van der Waals surface area contributed by atoms with Crippen LogP contribution in [-0.2, 0) is 4.79 Å². The Labute approximate surface area is 75.9 Å². The van der Waals surface area contributed by atoms with Gasteiger partial charge >= 0.3 is 0 Å². The summed E-state index contributed by atoms with van der Waals surface area (Å²) in [6.07, 6.45) is 5.73. The molecule has 0 atom stereocenters. The molecular weight excluding hydrogens is 150 g/mol. The number of aldehydes is 1. The number of hydrogen-bond donors (Lipinski definition) is 0. The molecule has 72 valence electrons. The van der Waals surface area contributed by atoms with Crippen molar-refractivity contribution in [1.82, 2.24) is 4.90 Å². The van der Waals surface area contributed by atoms with Crippen LogP contribution < -0.4 is 0 Å². The molecule has 2 nitrogen and oxygen atoms in total. The maximum absolute atomic E-state index is 10.0. The van der Waals surface area contributed by atoms with Gasteiger partial charge in [0, 0.05) is 13.0 Å². The lowest BCUT2D eigenvalue weighted by molar-refractivity contribution is -0.108. The van der Waals surface area contributed by atoms with Crippen molar-refractivity contribution in [2.24, 2.45) is 0 Å². The van der Waals surface area contributed by atoms with Gasteiger partial charge in [0.25, 0.3) is 0 Å². The average Bonchev–Trinajstić information content (AvgIpc) is 2.19. The zero-order chi connectivity index (χ0) is 9.23. The summed E-state index contributed by atoms with van der Waals surface area (Å²) < 4.78 is 0. The van der Waals surface area contributed by atoms with Crippen LogP contribution in [0.3, 0.4) is 0 Å². The molecule has 0 aromatic carbocycles. The van der Waals surface area contributed by atoms with Gasteiger partial charge in [-0.1, -0.05) is 20.3 Å². The molecule has 0 spiro atoms. The van der Waals surface area contributed by atoms with E-state index in [1.165, 1.54) is 32.4 Å². The van der Waals surface area contributed by atoms with Crippen LogP contribution in [0.5, 0.6) is 0 Å². The molecule has 0 amide bonds. The summed E-state index contributed by atoms with van der Waals surface area (Å²) in [5.41, 5.74) is 0.